The van der Waals surface area contributed by atoms with E-state index in [4.69, 9.17) is 13.6 Å². The van der Waals surface area contributed by atoms with E-state index in [1.165, 1.54) is 13.4 Å². The summed E-state index contributed by atoms with van der Waals surface area (Å²) in [6.45, 7) is 0. The zero-order valence-electron chi connectivity index (χ0n) is 9.19. The molecule has 2 aromatic heterocycles. The molecule has 0 atom stereocenters. The van der Waals surface area contributed by atoms with E-state index in [-0.39, 0.29) is 15.8 Å². The zero-order chi connectivity index (χ0) is 12.9. The number of aromatic hydroxyl groups is 1. The van der Waals surface area contributed by atoms with Crippen LogP contribution in [0.3, 0.4) is 0 Å². The molecule has 92 valence electrons. The van der Waals surface area contributed by atoms with Crippen LogP contribution in [0.15, 0.2) is 36.5 Å². The van der Waals surface area contributed by atoms with Crippen LogP contribution in [0.4, 0.5) is 0 Å². The molecular formula is C12H7BrO5. The normalized spacial score (nSPS) is 11.2. The van der Waals surface area contributed by atoms with Gasteiger partial charge in [0, 0.05) is 6.07 Å². The molecule has 0 saturated carbocycles. The summed E-state index contributed by atoms with van der Waals surface area (Å²) < 4.78 is 15.6. The Kier molecular flexibility index (Phi) is 2.34. The van der Waals surface area contributed by atoms with E-state index in [1.807, 2.05) is 0 Å². The van der Waals surface area contributed by atoms with Gasteiger partial charge in [-0.15, -0.1) is 0 Å². The van der Waals surface area contributed by atoms with Crippen molar-refractivity contribution in [2.24, 2.45) is 0 Å². The highest BCUT2D eigenvalue weighted by molar-refractivity contribution is 9.10. The minimum Gasteiger partial charge on any atom is -0.506 e. The fourth-order valence-electron chi connectivity index (χ4n) is 1.93. The van der Waals surface area contributed by atoms with E-state index < -0.39 is 5.63 Å². The molecule has 0 aliphatic heterocycles. The number of benzene rings is 1. The monoisotopic (exact) mass is 310 g/mol. The zero-order valence-corrected chi connectivity index (χ0v) is 10.8. The van der Waals surface area contributed by atoms with Crippen molar-refractivity contribution in [3.8, 4) is 11.5 Å². The summed E-state index contributed by atoms with van der Waals surface area (Å²) in [6, 6.07) is 3.26. The Labute approximate surface area is 109 Å². The Hall–Kier alpha value is -1.95. The van der Waals surface area contributed by atoms with Crippen molar-refractivity contribution < 1.29 is 18.7 Å². The minimum absolute atomic E-state index is 0.0313. The van der Waals surface area contributed by atoms with E-state index in [0.29, 0.717) is 22.1 Å². The second kappa shape index (κ2) is 3.78. The van der Waals surface area contributed by atoms with Crippen LogP contribution in [0.2, 0.25) is 0 Å². The Morgan fingerprint density at radius 3 is 2.89 bits per heavy atom. The summed E-state index contributed by atoms with van der Waals surface area (Å²) in [5, 5.41) is 11.1. The predicted molar refractivity (Wildman–Crippen MR) is 68.2 cm³/mol. The van der Waals surface area contributed by atoms with E-state index >= 15 is 0 Å². The molecule has 0 spiro atoms. The second-order valence-electron chi connectivity index (χ2n) is 3.67. The van der Waals surface area contributed by atoms with Crippen LogP contribution in [0.25, 0.3) is 21.9 Å². The number of methoxy groups -OCH3 is 1. The number of rotatable bonds is 1. The maximum absolute atomic E-state index is 11.5. The molecule has 0 saturated heterocycles. The van der Waals surface area contributed by atoms with Crippen LogP contribution >= 0.6 is 15.9 Å². The third-order valence-electron chi connectivity index (χ3n) is 2.71. The maximum Gasteiger partial charge on any atom is 0.354 e. The molecule has 6 heteroatoms. The van der Waals surface area contributed by atoms with Crippen LogP contribution < -0.4 is 10.4 Å². The van der Waals surface area contributed by atoms with Gasteiger partial charge in [0.2, 0.25) is 0 Å². The van der Waals surface area contributed by atoms with Crippen molar-refractivity contribution >= 4 is 37.9 Å². The van der Waals surface area contributed by atoms with E-state index in [1.54, 1.807) is 12.1 Å². The lowest BCUT2D eigenvalue weighted by atomic mass is 10.1. The SMILES string of the molecule is COc1c2ccoc2cc2oc(=O)c(Br)c(O)c12. The molecule has 2 heterocycles. The predicted octanol–water partition coefficient (Wildman–Crippen LogP) is 3.02. The topological polar surface area (TPSA) is 72.8 Å². The first-order chi connectivity index (χ1) is 8.63. The molecule has 0 aliphatic carbocycles. The summed E-state index contributed by atoms with van der Waals surface area (Å²) >= 11 is 2.98. The van der Waals surface area contributed by atoms with Gasteiger partial charge in [-0.1, -0.05) is 0 Å². The molecule has 0 radical (unpaired) electrons. The quantitative estimate of drug-likeness (QED) is 0.699. The second-order valence-corrected chi connectivity index (χ2v) is 4.46. The third-order valence-corrected chi connectivity index (χ3v) is 3.41. The summed E-state index contributed by atoms with van der Waals surface area (Å²) in [6.07, 6.45) is 1.50. The number of hydrogen-bond donors (Lipinski definition) is 1. The molecule has 18 heavy (non-hydrogen) atoms. The van der Waals surface area contributed by atoms with Gasteiger partial charge in [-0.05, 0) is 22.0 Å². The van der Waals surface area contributed by atoms with Crippen molar-refractivity contribution in [2.45, 2.75) is 0 Å². The van der Waals surface area contributed by atoms with Crippen molar-refractivity contribution in [1.82, 2.24) is 0 Å². The van der Waals surface area contributed by atoms with Gasteiger partial charge >= 0.3 is 5.63 Å². The number of fused-ring (bicyclic) bond motifs is 2. The van der Waals surface area contributed by atoms with Gasteiger partial charge in [0.05, 0.1) is 18.8 Å². The highest BCUT2D eigenvalue weighted by atomic mass is 79.9. The van der Waals surface area contributed by atoms with Crippen LogP contribution in [0.5, 0.6) is 11.5 Å². The first kappa shape index (κ1) is 11.2. The van der Waals surface area contributed by atoms with Gasteiger partial charge in [0.1, 0.15) is 26.8 Å². The average molecular weight is 311 g/mol. The lowest BCUT2D eigenvalue weighted by Gasteiger charge is -2.08. The first-order valence-electron chi connectivity index (χ1n) is 5.03. The van der Waals surface area contributed by atoms with Gasteiger partial charge in [-0.3, -0.25) is 0 Å². The van der Waals surface area contributed by atoms with Crippen LogP contribution in [0.1, 0.15) is 0 Å². The largest absolute Gasteiger partial charge is 0.506 e. The molecule has 5 nitrogen and oxygen atoms in total. The van der Waals surface area contributed by atoms with Crippen molar-refractivity contribution in [1.29, 1.82) is 0 Å². The molecule has 1 N–H and O–H groups in total. The summed E-state index contributed by atoms with van der Waals surface area (Å²) in [4.78, 5) is 11.5. The van der Waals surface area contributed by atoms with Gasteiger partial charge in [0.15, 0.2) is 5.75 Å². The lowest BCUT2D eigenvalue weighted by Crippen LogP contribution is -2.00. The average Bonchev–Trinajstić information content (AvgIpc) is 2.81. The number of ether oxygens (including phenoxy) is 1. The first-order valence-corrected chi connectivity index (χ1v) is 5.82. The molecule has 0 bridgehead atoms. The lowest BCUT2D eigenvalue weighted by molar-refractivity contribution is 0.416. The smallest absolute Gasteiger partial charge is 0.354 e. The molecular weight excluding hydrogens is 304 g/mol. The summed E-state index contributed by atoms with van der Waals surface area (Å²) in [5.41, 5.74) is 0.0668. The van der Waals surface area contributed by atoms with Crippen LogP contribution in [-0.2, 0) is 0 Å². The van der Waals surface area contributed by atoms with Crippen molar-refractivity contribution in [3.63, 3.8) is 0 Å². The van der Waals surface area contributed by atoms with Crippen molar-refractivity contribution in [3.05, 3.63) is 33.3 Å². The van der Waals surface area contributed by atoms with E-state index in [9.17, 15) is 9.90 Å². The van der Waals surface area contributed by atoms with Crippen molar-refractivity contribution in [2.75, 3.05) is 7.11 Å². The van der Waals surface area contributed by atoms with E-state index in [2.05, 4.69) is 15.9 Å². The molecule has 0 aliphatic rings. The highest BCUT2D eigenvalue weighted by Gasteiger charge is 2.19. The molecule has 0 amide bonds. The Bertz CT molecular complexity index is 815. The van der Waals surface area contributed by atoms with Gasteiger partial charge in [0.25, 0.3) is 0 Å². The van der Waals surface area contributed by atoms with Crippen LogP contribution in [-0.4, -0.2) is 12.2 Å². The van der Waals surface area contributed by atoms with Crippen LogP contribution in [0, 0.1) is 0 Å². The molecule has 3 rings (SSSR count). The number of hydrogen-bond acceptors (Lipinski definition) is 5. The Balaban J connectivity index is 2.65. The summed E-state index contributed by atoms with van der Waals surface area (Å²) in [5.74, 6) is 0.194. The fourth-order valence-corrected chi connectivity index (χ4v) is 2.21. The summed E-state index contributed by atoms with van der Waals surface area (Å²) in [7, 11) is 1.47. The Morgan fingerprint density at radius 1 is 1.39 bits per heavy atom. The third kappa shape index (κ3) is 1.35. The van der Waals surface area contributed by atoms with E-state index in [0.717, 1.165) is 0 Å². The minimum atomic E-state index is -0.659. The Morgan fingerprint density at radius 2 is 2.17 bits per heavy atom. The maximum atomic E-state index is 11.5. The van der Waals surface area contributed by atoms with Gasteiger partial charge in [-0.2, -0.15) is 0 Å². The highest BCUT2D eigenvalue weighted by Crippen LogP contribution is 2.41. The van der Waals surface area contributed by atoms with Gasteiger partial charge in [-0.25, -0.2) is 4.79 Å². The standard InChI is InChI=1S/C12H7BrO5/c1-16-11-5-2-3-17-6(5)4-7-8(11)10(14)9(13)12(15)18-7/h2-4,14H,1H3. The van der Waals surface area contributed by atoms with Gasteiger partial charge < -0.3 is 18.7 Å². The molecule has 3 aromatic rings. The molecule has 0 unspecified atom stereocenters. The molecule has 0 fully saturated rings. The number of furan rings is 1. The fraction of sp³-hybridized carbons (Fsp3) is 0.0833. The number of halogens is 1. The molecule has 1 aromatic carbocycles.